The molecule has 1 aromatic heterocycles. The summed E-state index contributed by atoms with van der Waals surface area (Å²) in [7, 11) is 0. The van der Waals surface area contributed by atoms with Crippen LogP contribution in [0.25, 0.3) is 0 Å². The fraction of sp³-hybridized carbons (Fsp3) is 0.692. The zero-order valence-corrected chi connectivity index (χ0v) is 15.5. The minimum absolute atomic E-state index is 0. The highest BCUT2D eigenvalue weighted by molar-refractivity contribution is 7.99. The third-order valence-electron chi connectivity index (χ3n) is 3.12. The molecule has 1 aliphatic heterocycles. The predicted molar refractivity (Wildman–Crippen MR) is 96.3 cm³/mol. The summed E-state index contributed by atoms with van der Waals surface area (Å²) in [4.78, 5) is 16.5. The van der Waals surface area contributed by atoms with E-state index < -0.39 is 0 Å². The van der Waals surface area contributed by atoms with Gasteiger partial charge in [0.05, 0.1) is 16.7 Å². The Morgan fingerprint density at radius 3 is 2.90 bits per heavy atom. The number of nitrogens with one attached hydrogen (secondary N) is 2. The topological polar surface area (TPSA) is 54.0 Å². The van der Waals surface area contributed by atoms with Gasteiger partial charge in [0, 0.05) is 35.9 Å². The van der Waals surface area contributed by atoms with Crippen molar-refractivity contribution in [2.24, 2.45) is 0 Å². The van der Waals surface area contributed by atoms with Gasteiger partial charge in [0.2, 0.25) is 5.91 Å². The van der Waals surface area contributed by atoms with Gasteiger partial charge in [-0.2, -0.15) is 11.8 Å². The van der Waals surface area contributed by atoms with Crippen LogP contribution in [0.1, 0.15) is 37.0 Å². The van der Waals surface area contributed by atoms with Crippen molar-refractivity contribution < 1.29 is 4.79 Å². The van der Waals surface area contributed by atoms with Crippen molar-refractivity contribution in [3.05, 3.63) is 16.1 Å². The lowest BCUT2D eigenvalue weighted by Gasteiger charge is -2.23. The van der Waals surface area contributed by atoms with E-state index in [1.54, 1.807) is 11.3 Å². The Labute approximate surface area is 147 Å². The summed E-state index contributed by atoms with van der Waals surface area (Å²) in [6, 6.07) is 0.313. The molecule has 8 heteroatoms. The van der Waals surface area contributed by atoms with E-state index in [1.165, 1.54) is 0 Å². The van der Waals surface area contributed by atoms with Crippen molar-refractivity contribution >= 4 is 53.8 Å². The highest BCUT2D eigenvalue weighted by Crippen LogP contribution is 2.17. The summed E-state index contributed by atoms with van der Waals surface area (Å²) < 4.78 is 0. The molecule has 0 bridgehead atoms. The van der Waals surface area contributed by atoms with Gasteiger partial charge in [0.1, 0.15) is 0 Å². The third-order valence-corrected chi connectivity index (χ3v) is 5.27. The molecule has 2 heterocycles. The molecule has 0 aromatic carbocycles. The molecule has 2 N–H and O–H groups in total. The Kier molecular flexibility index (Phi) is 10.7. The molecule has 0 saturated carbocycles. The number of hydrogen-bond acceptors (Lipinski definition) is 5. The highest BCUT2D eigenvalue weighted by atomic mass is 35.5. The van der Waals surface area contributed by atoms with Crippen molar-refractivity contribution in [2.75, 3.05) is 18.1 Å². The van der Waals surface area contributed by atoms with Crippen LogP contribution in [0.4, 0.5) is 0 Å². The lowest BCUT2D eigenvalue weighted by Crippen LogP contribution is -2.41. The Balaban J connectivity index is 0.00000200. The average molecular weight is 372 g/mol. The first-order valence-electron chi connectivity index (χ1n) is 6.73. The maximum atomic E-state index is 12.0. The van der Waals surface area contributed by atoms with E-state index in [0.29, 0.717) is 12.5 Å². The zero-order chi connectivity index (χ0) is 13.7. The fourth-order valence-corrected chi connectivity index (χ4v) is 3.82. The molecule has 1 amide bonds. The van der Waals surface area contributed by atoms with Gasteiger partial charge < -0.3 is 10.6 Å². The van der Waals surface area contributed by atoms with Crippen molar-refractivity contribution in [3.63, 3.8) is 0 Å². The van der Waals surface area contributed by atoms with Crippen molar-refractivity contribution in [3.8, 4) is 0 Å². The van der Waals surface area contributed by atoms with E-state index in [0.717, 1.165) is 35.2 Å². The Hall–Kier alpha value is -0.0100. The molecule has 2 rings (SSSR count). The van der Waals surface area contributed by atoms with Crippen LogP contribution in [0.15, 0.2) is 5.38 Å². The largest absolute Gasteiger partial charge is 0.348 e. The smallest absolute Gasteiger partial charge is 0.222 e. The first kappa shape index (κ1) is 21.0. The number of thiazole rings is 1. The lowest BCUT2D eigenvalue weighted by atomic mass is 10.2. The van der Waals surface area contributed by atoms with E-state index in [1.807, 2.05) is 24.1 Å². The number of amides is 1. The molecule has 1 fully saturated rings. The molecule has 21 heavy (non-hydrogen) atoms. The second kappa shape index (κ2) is 10.7. The van der Waals surface area contributed by atoms with Crippen LogP contribution in [0.5, 0.6) is 0 Å². The normalized spacial score (nSPS) is 19.0. The van der Waals surface area contributed by atoms with Crippen molar-refractivity contribution in [2.45, 2.75) is 38.8 Å². The number of carbonyl (C=O) groups excluding carboxylic acids is 1. The van der Waals surface area contributed by atoms with Crippen LogP contribution in [0.3, 0.4) is 0 Å². The number of nitrogens with zero attached hydrogens (tertiary/aromatic N) is 1. The van der Waals surface area contributed by atoms with Gasteiger partial charge in [-0.3, -0.25) is 4.79 Å². The highest BCUT2D eigenvalue weighted by Gasteiger charge is 2.19. The Morgan fingerprint density at radius 1 is 1.57 bits per heavy atom. The molecule has 2 atom stereocenters. The summed E-state index contributed by atoms with van der Waals surface area (Å²) in [6.45, 7) is 5.10. The zero-order valence-electron chi connectivity index (χ0n) is 12.3. The van der Waals surface area contributed by atoms with Crippen molar-refractivity contribution in [1.29, 1.82) is 0 Å². The first-order chi connectivity index (χ1) is 9.19. The molecule has 1 saturated heterocycles. The average Bonchev–Trinajstić information content (AvgIpc) is 2.88. The van der Waals surface area contributed by atoms with E-state index in [2.05, 4.69) is 22.5 Å². The summed E-state index contributed by atoms with van der Waals surface area (Å²) in [5.41, 5.74) is 0.973. The van der Waals surface area contributed by atoms with Gasteiger partial charge in [-0.25, -0.2) is 4.98 Å². The molecule has 4 nitrogen and oxygen atoms in total. The number of aryl methyl sites for hydroxylation is 1. The number of hydrogen-bond donors (Lipinski definition) is 2. The standard InChI is InChI=1S/C13H21N3OS2.2ClH/c1-3-13-16-11(8-19-13)9(2)15-12(17)6-10-7-18-5-4-14-10;;/h8-10,14H,3-7H2,1-2H3,(H,15,17);2*1H. The Morgan fingerprint density at radius 2 is 2.33 bits per heavy atom. The quantitative estimate of drug-likeness (QED) is 0.835. The summed E-state index contributed by atoms with van der Waals surface area (Å²) in [5.74, 6) is 2.28. The number of thioether (sulfide) groups is 1. The van der Waals surface area contributed by atoms with Crippen LogP contribution >= 0.6 is 47.9 Å². The molecule has 1 aliphatic rings. The van der Waals surface area contributed by atoms with Crippen LogP contribution in [-0.2, 0) is 11.2 Å². The molecule has 0 spiro atoms. The number of rotatable bonds is 5. The monoisotopic (exact) mass is 371 g/mol. The van der Waals surface area contributed by atoms with E-state index in [4.69, 9.17) is 0 Å². The number of aromatic nitrogens is 1. The second-order valence-electron chi connectivity index (χ2n) is 4.74. The molecular weight excluding hydrogens is 349 g/mol. The molecular formula is C13H23Cl2N3OS2. The summed E-state index contributed by atoms with van der Waals surface area (Å²) >= 11 is 3.58. The number of carbonyl (C=O) groups is 1. The van der Waals surface area contributed by atoms with Gasteiger partial charge in [-0.05, 0) is 13.3 Å². The van der Waals surface area contributed by atoms with Crippen LogP contribution in [0, 0.1) is 0 Å². The minimum atomic E-state index is 0. The van der Waals surface area contributed by atoms with E-state index in [9.17, 15) is 4.79 Å². The Bertz CT molecular complexity index is 425. The molecule has 0 radical (unpaired) electrons. The lowest BCUT2D eigenvalue weighted by molar-refractivity contribution is -0.122. The van der Waals surface area contributed by atoms with Gasteiger partial charge in [-0.1, -0.05) is 6.92 Å². The van der Waals surface area contributed by atoms with E-state index in [-0.39, 0.29) is 36.8 Å². The second-order valence-corrected chi connectivity index (χ2v) is 6.83. The van der Waals surface area contributed by atoms with Crippen LogP contribution < -0.4 is 10.6 Å². The maximum absolute atomic E-state index is 12.0. The van der Waals surface area contributed by atoms with Crippen LogP contribution in [-0.4, -0.2) is 35.0 Å². The third kappa shape index (κ3) is 6.74. The van der Waals surface area contributed by atoms with Gasteiger partial charge >= 0.3 is 0 Å². The molecule has 122 valence electrons. The van der Waals surface area contributed by atoms with Gasteiger partial charge in [-0.15, -0.1) is 36.2 Å². The molecule has 1 aromatic rings. The van der Waals surface area contributed by atoms with Gasteiger partial charge in [0.25, 0.3) is 0 Å². The molecule has 0 aliphatic carbocycles. The first-order valence-corrected chi connectivity index (χ1v) is 8.77. The maximum Gasteiger partial charge on any atom is 0.222 e. The minimum Gasteiger partial charge on any atom is -0.348 e. The fourth-order valence-electron chi connectivity index (χ4n) is 2.04. The van der Waals surface area contributed by atoms with E-state index >= 15 is 0 Å². The van der Waals surface area contributed by atoms with Gasteiger partial charge in [0.15, 0.2) is 0 Å². The van der Waals surface area contributed by atoms with Crippen molar-refractivity contribution in [1.82, 2.24) is 15.6 Å². The summed E-state index contributed by atoms with van der Waals surface area (Å²) in [5, 5.41) is 9.58. The molecule has 2 unspecified atom stereocenters. The SMILES string of the molecule is CCc1nc(C(C)NC(=O)CC2CSCCN2)cs1.Cl.Cl. The summed E-state index contributed by atoms with van der Waals surface area (Å²) in [6.07, 6.45) is 1.51. The predicted octanol–water partition coefficient (Wildman–Crippen LogP) is 2.82. The number of halogens is 2. The van der Waals surface area contributed by atoms with Crippen LogP contribution in [0.2, 0.25) is 0 Å².